The van der Waals surface area contributed by atoms with Crippen molar-refractivity contribution in [3.05, 3.63) is 40.9 Å². The van der Waals surface area contributed by atoms with E-state index in [1.165, 1.54) is 0 Å². The van der Waals surface area contributed by atoms with E-state index in [-0.39, 0.29) is 0 Å². The summed E-state index contributed by atoms with van der Waals surface area (Å²) < 4.78 is 0. The van der Waals surface area contributed by atoms with Crippen LogP contribution in [0.25, 0.3) is 21.3 Å². The molecule has 1 atom stereocenters. The number of benzene rings is 1. The Morgan fingerprint density at radius 3 is 2.71 bits per heavy atom. The van der Waals surface area contributed by atoms with Gasteiger partial charge in [0.1, 0.15) is 9.98 Å². The number of nitrogens with zero attached hydrogens (tertiary/aromatic N) is 2. The van der Waals surface area contributed by atoms with Gasteiger partial charge < -0.3 is 5.32 Å². The van der Waals surface area contributed by atoms with Crippen molar-refractivity contribution in [3.63, 3.8) is 0 Å². The van der Waals surface area contributed by atoms with Crippen LogP contribution in [0.1, 0.15) is 20.3 Å². The summed E-state index contributed by atoms with van der Waals surface area (Å²) in [6.45, 7) is 4.22. The van der Waals surface area contributed by atoms with Gasteiger partial charge in [0, 0.05) is 17.0 Å². The number of aromatic nitrogens is 2. The standard InChI is InChI=1S/C16H16ClN3S/c1-3-10(2)18-16-19-14(17)13-12(9-21-15(13)20-16)11-7-5-4-6-8-11/h4-10H,3H2,1-2H3,(H,18,19,20). The highest BCUT2D eigenvalue weighted by molar-refractivity contribution is 7.17. The second-order valence-corrected chi connectivity index (χ2v) is 6.20. The number of fused-ring (bicyclic) bond motifs is 1. The number of hydrogen-bond acceptors (Lipinski definition) is 4. The fourth-order valence-electron chi connectivity index (χ4n) is 2.12. The average Bonchev–Trinajstić information content (AvgIpc) is 2.92. The summed E-state index contributed by atoms with van der Waals surface area (Å²) in [7, 11) is 0. The molecule has 1 aromatic carbocycles. The Labute approximate surface area is 133 Å². The van der Waals surface area contributed by atoms with E-state index in [2.05, 4.69) is 46.6 Å². The molecule has 0 saturated heterocycles. The minimum atomic E-state index is 0.326. The molecule has 2 aromatic heterocycles. The predicted octanol–water partition coefficient (Wildman–Crippen LogP) is 5.22. The lowest BCUT2D eigenvalue weighted by Crippen LogP contribution is -2.15. The van der Waals surface area contributed by atoms with E-state index in [0.717, 1.165) is 27.8 Å². The van der Waals surface area contributed by atoms with Gasteiger partial charge in [-0.1, -0.05) is 48.9 Å². The molecule has 0 bridgehead atoms. The van der Waals surface area contributed by atoms with Crippen LogP contribution >= 0.6 is 22.9 Å². The minimum Gasteiger partial charge on any atom is -0.352 e. The average molecular weight is 318 g/mol. The van der Waals surface area contributed by atoms with Gasteiger partial charge >= 0.3 is 0 Å². The monoisotopic (exact) mass is 317 g/mol. The number of halogens is 1. The van der Waals surface area contributed by atoms with Gasteiger partial charge in [-0.3, -0.25) is 0 Å². The molecule has 5 heteroatoms. The van der Waals surface area contributed by atoms with Crippen LogP contribution in [0.15, 0.2) is 35.7 Å². The Kier molecular flexibility index (Phi) is 4.08. The molecule has 1 N–H and O–H groups in total. The molecule has 1 unspecified atom stereocenters. The molecule has 0 fully saturated rings. The first-order valence-corrected chi connectivity index (χ1v) is 8.21. The molecule has 108 valence electrons. The first-order chi connectivity index (χ1) is 10.2. The second kappa shape index (κ2) is 6.00. The quantitative estimate of drug-likeness (QED) is 0.670. The van der Waals surface area contributed by atoms with Crippen molar-refractivity contribution in [1.82, 2.24) is 9.97 Å². The largest absolute Gasteiger partial charge is 0.352 e. The summed E-state index contributed by atoms with van der Waals surface area (Å²) in [5, 5.41) is 6.80. The highest BCUT2D eigenvalue weighted by atomic mass is 35.5. The van der Waals surface area contributed by atoms with Gasteiger partial charge in [0.2, 0.25) is 5.95 Å². The molecule has 0 aliphatic rings. The third kappa shape index (κ3) is 2.87. The van der Waals surface area contributed by atoms with E-state index in [1.807, 2.05) is 18.2 Å². The second-order valence-electron chi connectivity index (χ2n) is 4.99. The summed E-state index contributed by atoms with van der Waals surface area (Å²) in [6, 6.07) is 10.5. The summed E-state index contributed by atoms with van der Waals surface area (Å²) in [5.74, 6) is 0.600. The zero-order valence-electron chi connectivity index (χ0n) is 11.9. The van der Waals surface area contributed by atoms with Crippen molar-refractivity contribution in [2.75, 3.05) is 5.32 Å². The third-order valence-corrected chi connectivity index (χ3v) is 4.61. The Morgan fingerprint density at radius 2 is 2.00 bits per heavy atom. The van der Waals surface area contributed by atoms with Crippen molar-refractivity contribution in [2.24, 2.45) is 0 Å². The molecule has 2 heterocycles. The molecule has 0 spiro atoms. The Balaban J connectivity index is 2.07. The number of hydrogen-bond donors (Lipinski definition) is 1. The van der Waals surface area contributed by atoms with E-state index in [1.54, 1.807) is 11.3 Å². The molecule has 0 aliphatic carbocycles. The third-order valence-electron chi connectivity index (χ3n) is 3.46. The maximum absolute atomic E-state index is 6.40. The van der Waals surface area contributed by atoms with Gasteiger partial charge in [0.25, 0.3) is 0 Å². The van der Waals surface area contributed by atoms with Crippen LogP contribution in [-0.2, 0) is 0 Å². The van der Waals surface area contributed by atoms with E-state index >= 15 is 0 Å². The zero-order valence-corrected chi connectivity index (χ0v) is 13.5. The SMILES string of the molecule is CCC(C)Nc1nc(Cl)c2c(-c3ccccc3)csc2n1. The Morgan fingerprint density at radius 1 is 1.24 bits per heavy atom. The van der Waals surface area contributed by atoms with Crippen molar-refractivity contribution < 1.29 is 0 Å². The molecule has 21 heavy (non-hydrogen) atoms. The molecule has 0 aliphatic heterocycles. The number of anilines is 1. The highest BCUT2D eigenvalue weighted by Crippen LogP contribution is 2.37. The lowest BCUT2D eigenvalue weighted by atomic mass is 10.1. The summed E-state index contributed by atoms with van der Waals surface area (Å²) >= 11 is 8.00. The Hall–Kier alpha value is -1.65. The first-order valence-electron chi connectivity index (χ1n) is 6.95. The highest BCUT2D eigenvalue weighted by Gasteiger charge is 2.14. The lowest BCUT2D eigenvalue weighted by molar-refractivity contribution is 0.754. The van der Waals surface area contributed by atoms with Crippen LogP contribution in [-0.4, -0.2) is 16.0 Å². The summed E-state index contributed by atoms with van der Waals surface area (Å²) in [5.41, 5.74) is 2.23. The molecular formula is C16H16ClN3S. The van der Waals surface area contributed by atoms with Gasteiger partial charge in [-0.2, -0.15) is 0 Å². The van der Waals surface area contributed by atoms with Crippen LogP contribution in [0, 0.1) is 0 Å². The van der Waals surface area contributed by atoms with E-state index in [4.69, 9.17) is 11.6 Å². The van der Waals surface area contributed by atoms with Crippen molar-refractivity contribution in [1.29, 1.82) is 0 Å². The smallest absolute Gasteiger partial charge is 0.225 e. The van der Waals surface area contributed by atoms with Gasteiger partial charge in [-0.15, -0.1) is 11.3 Å². The fraction of sp³-hybridized carbons (Fsp3) is 0.250. The van der Waals surface area contributed by atoms with Crippen molar-refractivity contribution in [3.8, 4) is 11.1 Å². The summed E-state index contributed by atoms with van der Waals surface area (Å²) in [6.07, 6.45) is 1.01. The van der Waals surface area contributed by atoms with Crippen molar-refractivity contribution >= 4 is 39.1 Å². The number of rotatable bonds is 4. The zero-order chi connectivity index (χ0) is 14.8. The van der Waals surface area contributed by atoms with E-state index in [0.29, 0.717) is 17.1 Å². The number of thiophene rings is 1. The van der Waals surface area contributed by atoms with Crippen LogP contribution in [0.4, 0.5) is 5.95 Å². The van der Waals surface area contributed by atoms with Crippen LogP contribution in [0.2, 0.25) is 5.15 Å². The Bertz CT molecular complexity index is 755. The normalized spacial score (nSPS) is 12.5. The van der Waals surface area contributed by atoms with Crippen LogP contribution in [0.5, 0.6) is 0 Å². The number of nitrogens with one attached hydrogen (secondary N) is 1. The molecule has 3 rings (SSSR count). The van der Waals surface area contributed by atoms with Crippen LogP contribution < -0.4 is 5.32 Å². The van der Waals surface area contributed by atoms with E-state index < -0.39 is 0 Å². The van der Waals surface area contributed by atoms with Gasteiger partial charge in [-0.05, 0) is 18.9 Å². The lowest BCUT2D eigenvalue weighted by Gasteiger charge is -2.11. The van der Waals surface area contributed by atoms with Gasteiger partial charge in [0.15, 0.2) is 0 Å². The van der Waals surface area contributed by atoms with Crippen LogP contribution in [0.3, 0.4) is 0 Å². The predicted molar refractivity (Wildman–Crippen MR) is 91.2 cm³/mol. The maximum atomic E-state index is 6.40. The van der Waals surface area contributed by atoms with Gasteiger partial charge in [-0.25, -0.2) is 9.97 Å². The first kappa shape index (κ1) is 14.3. The van der Waals surface area contributed by atoms with Crippen molar-refractivity contribution in [2.45, 2.75) is 26.3 Å². The molecule has 0 saturated carbocycles. The molecular weight excluding hydrogens is 302 g/mol. The molecule has 3 aromatic rings. The van der Waals surface area contributed by atoms with Gasteiger partial charge in [0.05, 0.1) is 5.39 Å². The van der Waals surface area contributed by atoms with E-state index in [9.17, 15) is 0 Å². The molecule has 0 amide bonds. The molecule has 0 radical (unpaired) electrons. The molecule has 3 nitrogen and oxygen atoms in total. The fourth-order valence-corrected chi connectivity index (χ4v) is 3.39. The topological polar surface area (TPSA) is 37.8 Å². The summed E-state index contributed by atoms with van der Waals surface area (Å²) in [4.78, 5) is 9.90. The maximum Gasteiger partial charge on any atom is 0.225 e. The minimum absolute atomic E-state index is 0.326.